The Morgan fingerprint density at radius 2 is 1.76 bits per heavy atom. The molecule has 0 aromatic heterocycles. The summed E-state index contributed by atoms with van der Waals surface area (Å²) in [6.45, 7) is 0.715. The molecule has 3 N–H and O–H groups in total. The molecule has 108 valence electrons. The molecule has 5 nitrogen and oxygen atoms in total. The first kappa shape index (κ1) is 13.3. The summed E-state index contributed by atoms with van der Waals surface area (Å²) in [5.74, 6) is 1.43. The minimum absolute atomic E-state index is 0.0301. The van der Waals surface area contributed by atoms with Crippen molar-refractivity contribution < 1.29 is 14.3 Å². The third kappa shape index (κ3) is 3.25. The molecule has 0 aliphatic carbocycles. The lowest BCUT2D eigenvalue weighted by Gasteiger charge is -2.06. The Hall–Kier alpha value is -2.69. The van der Waals surface area contributed by atoms with Crippen molar-refractivity contribution in [2.45, 2.75) is 13.0 Å². The molecule has 0 fully saturated rings. The SMILES string of the molecule is Nc1ccc(CC(=O)NCc2ccc3c(c2)OCO3)cc1. The third-order valence-electron chi connectivity index (χ3n) is 3.27. The predicted octanol–water partition coefficient (Wildman–Crippen LogP) is 1.86. The van der Waals surface area contributed by atoms with Crippen LogP contribution in [0.1, 0.15) is 11.1 Å². The van der Waals surface area contributed by atoms with E-state index in [0.29, 0.717) is 18.7 Å². The Labute approximate surface area is 122 Å². The van der Waals surface area contributed by atoms with Gasteiger partial charge in [-0.05, 0) is 35.4 Å². The molecule has 21 heavy (non-hydrogen) atoms. The second-order valence-corrected chi connectivity index (χ2v) is 4.88. The number of benzene rings is 2. The lowest BCUT2D eigenvalue weighted by atomic mass is 10.1. The van der Waals surface area contributed by atoms with Crippen LogP contribution in [0.5, 0.6) is 11.5 Å². The highest BCUT2D eigenvalue weighted by Gasteiger charge is 2.13. The standard InChI is InChI=1S/C16H16N2O3/c17-13-4-1-11(2-5-13)8-16(19)18-9-12-3-6-14-15(7-12)21-10-20-14/h1-7H,8-10,17H2,(H,18,19). The van der Waals surface area contributed by atoms with E-state index in [9.17, 15) is 4.79 Å². The highest BCUT2D eigenvalue weighted by Crippen LogP contribution is 2.32. The average molecular weight is 284 g/mol. The van der Waals surface area contributed by atoms with Crippen LogP contribution in [0, 0.1) is 0 Å². The van der Waals surface area contributed by atoms with Gasteiger partial charge in [0.25, 0.3) is 0 Å². The first-order chi connectivity index (χ1) is 10.2. The fourth-order valence-electron chi connectivity index (χ4n) is 2.13. The maximum absolute atomic E-state index is 11.9. The summed E-state index contributed by atoms with van der Waals surface area (Å²) in [4.78, 5) is 11.9. The number of hydrogen-bond donors (Lipinski definition) is 2. The van der Waals surface area contributed by atoms with Gasteiger partial charge in [0.1, 0.15) is 0 Å². The molecule has 1 aliphatic heterocycles. The summed E-state index contributed by atoms with van der Waals surface area (Å²) in [6, 6.07) is 12.9. The van der Waals surface area contributed by atoms with E-state index in [1.807, 2.05) is 30.3 Å². The van der Waals surface area contributed by atoms with Crippen LogP contribution in [0.4, 0.5) is 5.69 Å². The number of hydrogen-bond acceptors (Lipinski definition) is 4. The zero-order valence-corrected chi connectivity index (χ0v) is 11.5. The molecule has 1 amide bonds. The Morgan fingerprint density at radius 1 is 1.05 bits per heavy atom. The Kier molecular flexibility index (Phi) is 3.64. The Balaban J connectivity index is 1.55. The molecular formula is C16H16N2O3. The maximum Gasteiger partial charge on any atom is 0.231 e. The minimum Gasteiger partial charge on any atom is -0.454 e. The smallest absolute Gasteiger partial charge is 0.231 e. The van der Waals surface area contributed by atoms with Crippen LogP contribution in [0.15, 0.2) is 42.5 Å². The number of nitrogen functional groups attached to an aromatic ring is 1. The topological polar surface area (TPSA) is 73.6 Å². The van der Waals surface area contributed by atoms with Crippen molar-refractivity contribution >= 4 is 11.6 Å². The summed E-state index contributed by atoms with van der Waals surface area (Å²) in [5.41, 5.74) is 8.22. The normalized spacial score (nSPS) is 12.2. The van der Waals surface area contributed by atoms with E-state index in [0.717, 1.165) is 22.6 Å². The molecule has 1 aliphatic rings. The zero-order valence-electron chi connectivity index (χ0n) is 11.5. The fraction of sp³-hybridized carbons (Fsp3) is 0.188. The lowest BCUT2D eigenvalue weighted by molar-refractivity contribution is -0.120. The molecule has 0 saturated carbocycles. The Bertz CT molecular complexity index is 653. The minimum atomic E-state index is -0.0301. The summed E-state index contributed by atoms with van der Waals surface area (Å²) in [6.07, 6.45) is 0.338. The molecule has 2 aromatic rings. The van der Waals surface area contributed by atoms with Crippen molar-refractivity contribution in [1.82, 2.24) is 5.32 Å². The van der Waals surface area contributed by atoms with Gasteiger partial charge in [-0.3, -0.25) is 4.79 Å². The molecule has 0 atom stereocenters. The average Bonchev–Trinajstić information content (AvgIpc) is 2.95. The van der Waals surface area contributed by atoms with E-state index < -0.39 is 0 Å². The second-order valence-electron chi connectivity index (χ2n) is 4.88. The van der Waals surface area contributed by atoms with Gasteiger partial charge in [-0.15, -0.1) is 0 Å². The highest BCUT2D eigenvalue weighted by molar-refractivity contribution is 5.78. The lowest BCUT2D eigenvalue weighted by Crippen LogP contribution is -2.24. The summed E-state index contributed by atoms with van der Waals surface area (Å²) >= 11 is 0. The van der Waals surface area contributed by atoms with E-state index in [2.05, 4.69) is 5.32 Å². The van der Waals surface area contributed by atoms with Crippen molar-refractivity contribution in [2.24, 2.45) is 0 Å². The van der Waals surface area contributed by atoms with Crippen LogP contribution in [-0.4, -0.2) is 12.7 Å². The molecule has 0 saturated heterocycles. The maximum atomic E-state index is 11.9. The fourth-order valence-corrected chi connectivity index (χ4v) is 2.13. The number of anilines is 1. The van der Waals surface area contributed by atoms with Gasteiger partial charge in [-0.25, -0.2) is 0 Å². The van der Waals surface area contributed by atoms with Crippen LogP contribution >= 0.6 is 0 Å². The third-order valence-corrected chi connectivity index (χ3v) is 3.27. The van der Waals surface area contributed by atoms with Crippen LogP contribution < -0.4 is 20.5 Å². The summed E-state index contributed by atoms with van der Waals surface area (Å²) in [5, 5.41) is 2.89. The van der Waals surface area contributed by atoms with Gasteiger partial charge in [0, 0.05) is 12.2 Å². The molecule has 2 aromatic carbocycles. The first-order valence-electron chi connectivity index (χ1n) is 6.70. The number of ether oxygens (including phenoxy) is 2. The molecule has 3 rings (SSSR count). The predicted molar refractivity (Wildman–Crippen MR) is 79.0 cm³/mol. The molecular weight excluding hydrogens is 268 g/mol. The van der Waals surface area contributed by atoms with Gasteiger partial charge < -0.3 is 20.5 Å². The van der Waals surface area contributed by atoms with Gasteiger partial charge in [0.05, 0.1) is 6.42 Å². The van der Waals surface area contributed by atoms with E-state index in [1.165, 1.54) is 0 Å². The number of nitrogens with two attached hydrogens (primary N) is 1. The number of amides is 1. The molecule has 0 bridgehead atoms. The monoisotopic (exact) mass is 284 g/mol. The van der Waals surface area contributed by atoms with Crippen LogP contribution in [0.3, 0.4) is 0 Å². The largest absolute Gasteiger partial charge is 0.454 e. The number of carbonyl (C=O) groups is 1. The van der Waals surface area contributed by atoms with Gasteiger partial charge in [-0.1, -0.05) is 18.2 Å². The van der Waals surface area contributed by atoms with Crippen molar-refractivity contribution in [2.75, 3.05) is 12.5 Å². The quantitative estimate of drug-likeness (QED) is 0.840. The molecule has 0 spiro atoms. The summed E-state index contributed by atoms with van der Waals surface area (Å²) < 4.78 is 10.6. The van der Waals surface area contributed by atoms with Gasteiger partial charge in [0.15, 0.2) is 11.5 Å². The number of carbonyl (C=O) groups excluding carboxylic acids is 1. The van der Waals surface area contributed by atoms with Crippen LogP contribution in [0.2, 0.25) is 0 Å². The van der Waals surface area contributed by atoms with Gasteiger partial charge >= 0.3 is 0 Å². The molecule has 1 heterocycles. The summed E-state index contributed by atoms with van der Waals surface area (Å²) in [7, 11) is 0. The van der Waals surface area contributed by atoms with Crippen LogP contribution in [-0.2, 0) is 17.8 Å². The Morgan fingerprint density at radius 3 is 2.57 bits per heavy atom. The van der Waals surface area contributed by atoms with Gasteiger partial charge in [-0.2, -0.15) is 0 Å². The van der Waals surface area contributed by atoms with Crippen molar-refractivity contribution in [3.63, 3.8) is 0 Å². The van der Waals surface area contributed by atoms with E-state index in [1.54, 1.807) is 12.1 Å². The first-order valence-corrected chi connectivity index (χ1v) is 6.70. The van der Waals surface area contributed by atoms with Crippen LogP contribution in [0.25, 0.3) is 0 Å². The zero-order chi connectivity index (χ0) is 14.7. The van der Waals surface area contributed by atoms with E-state index >= 15 is 0 Å². The number of nitrogens with one attached hydrogen (secondary N) is 1. The van der Waals surface area contributed by atoms with Crippen molar-refractivity contribution in [3.8, 4) is 11.5 Å². The molecule has 0 unspecified atom stereocenters. The number of rotatable bonds is 4. The number of fused-ring (bicyclic) bond motifs is 1. The van der Waals surface area contributed by atoms with E-state index in [4.69, 9.17) is 15.2 Å². The highest BCUT2D eigenvalue weighted by atomic mass is 16.7. The second kappa shape index (κ2) is 5.75. The molecule has 0 radical (unpaired) electrons. The molecule has 5 heteroatoms. The van der Waals surface area contributed by atoms with Crippen molar-refractivity contribution in [3.05, 3.63) is 53.6 Å². The van der Waals surface area contributed by atoms with Gasteiger partial charge in [0.2, 0.25) is 12.7 Å². The van der Waals surface area contributed by atoms with Crippen molar-refractivity contribution in [1.29, 1.82) is 0 Å². The van der Waals surface area contributed by atoms with E-state index in [-0.39, 0.29) is 12.7 Å².